The second-order valence-electron chi connectivity index (χ2n) is 4.20. The van der Waals surface area contributed by atoms with Gasteiger partial charge in [-0.05, 0) is 26.3 Å². The summed E-state index contributed by atoms with van der Waals surface area (Å²) in [6.07, 6.45) is 3.69. The molecule has 0 saturated carbocycles. The number of aryl methyl sites for hydroxylation is 1. The summed E-state index contributed by atoms with van der Waals surface area (Å²) in [4.78, 5) is 0. The summed E-state index contributed by atoms with van der Waals surface area (Å²) >= 11 is 6.23. The summed E-state index contributed by atoms with van der Waals surface area (Å²) in [5, 5.41) is 8.47. The minimum atomic E-state index is 0.210. The van der Waals surface area contributed by atoms with Crippen molar-refractivity contribution in [2.45, 2.75) is 46.2 Å². The summed E-state index contributed by atoms with van der Waals surface area (Å²) in [5.74, 6) is 0. The van der Waals surface area contributed by atoms with Crippen LogP contribution in [0.15, 0.2) is 6.20 Å². The van der Waals surface area contributed by atoms with Crippen LogP contribution in [0.1, 0.15) is 45.3 Å². The normalized spacial score (nSPS) is 12.9. The Hall–Kier alpha value is -0.580. The molecule has 1 rings (SSSR count). The first-order chi connectivity index (χ1) is 8.74. The lowest BCUT2D eigenvalue weighted by molar-refractivity contribution is 0.124. The molecule has 1 heterocycles. The maximum atomic E-state index is 6.23. The maximum absolute atomic E-state index is 6.23. The molecule has 0 aliphatic heterocycles. The Balaban J connectivity index is 2.67. The van der Waals surface area contributed by atoms with Crippen molar-refractivity contribution in [3.05, 3.63) is 16.9 Å². The molecule has 1 atom stereocenters. The van der Waals surface area contributed by atoms with Crippen LogP contribution >= 0.6 is 11.6 Å². The monoisotopic (exact) mass is 273 g/mol. The van der Waals surface area contributed by atoms with E-state index in [-0.39, 0.29) is 6.04 Å². The van der Waals surface area contributed by atoms with Crippen LogP contribution in [0, 0.1) is 0 Å². The molecule has 0 bridgehead atoms. The lowest BCUT2D eigenvalue weighted by Crippen LogP contribution is -2.25. The zero-order valence-corrected chi connectivity index (χ0v) is 12.3. The lowest BCUT2D eigenvalue weighted by Gasteiger charge is -2.19. The van der Waals surface area contributed by atoms with Crippen molar-refractivity contribution in [2.75, 3.05) is 19.8 Å². The highest BCUT2D eigenvalue weighted by atomic mass is 35.5. The third kappa shape index (κ3) is 4.26. The Morgan fingerprint density at radius 3 is 2.78 bits per heavy atom. The first-order valence-corrected chi connectivity index (χ1v) is 7.14. The Labute approximate surface area is 115 Å². The standard InChI is InChI=1S/C13H24ClN3O/c1-4-8-18-9-7-12(15-5-2)13-11(14)10-16-17(13)6-3/h10,12,15H,4-9H2,1-3H3. The number of nitrogens with one attached hydrogen (secondary N) is 1. The highest BCUT2D eigenvalue weighted by Crippen LogP contribution is 2.25. The van der Waals surface area contributed by atoms with E-state index < -0.39 is 0 Å². The predicted molar refractivity (Wildman–Crippen MR) is 75.1 cm³/mol. The topological polar surface area (TPSA) is 39.1 Å². The van der Waals surface area contributed by atoms with Gasteiger partial charge in [-0.1, -0.05) is 25.4 Å². The Bertz CT molecular complexity index is 341. The van der Waals surface area contributed by atoms with E-state index in [0.29, 0.717) is 0 Å². The van der Waals surface area contributed by atoms with Crippen LogP contribution in [0.2, 0.25) is 5.02 Å². The number of hydrogen-bond donors (Lipinski definition) is 1. The summed E-state index contributed by atoms with van der Waals surface area (Å²) < 4.78 is 7.51. The van der Waals surface area contributed by atoms with E-state index >= 15 is 0 Å². The van der Waals surface area contributed by atoms with Crippen LogP contribution in [-0.2, 0) is 11.3 Å². The van der Waals surface area contributed by atoms with Crippen molar-refractivity contribution < 1.29 is 4.74 Å². The van der Waals surface area contributed by atoms with Gasteiger partial charge in [-0.3, -0.25) is 4.68 Å². The van der Waals surface area contributed by atoms with E-state index in [0.717, 1.165) is 49.9 Å². The Morgan fingerprint density at radius 2 is 2.17 bits per heavy atom. The molecule has 0 aromatic carbocycles. The van der Waals surface area contributed by atoms with Crippen LogP contribution in [0.25, 0.3) is 0 Å². The molecule has 18 heavy (non-hydrogen) atoms. The third-order valence-electron chi connectivity index (χ3n) is 2.81. The molecule has 4 nitrogen and oxygen atoms in total. The van der Waals surface area contributed by atoms with Crippen LogP contribution in [0.4, 0.5) is 0 Å². The quantitative estimate of drug-likeness (QED) is 0.703. The molecule has 0 radical (unpaired) electrons. The van der Waals surface area contributed by atoms with Gasteiger partial charge in [-0.2, -0.15) is 5.10 Å². The predicted octanol–water partition coefficient (Wildman–Crippen LogP) is 3.02. The molecule has 1 aromatic heterocycles. The van der Waals surface area contributed by atoms with Gasteiger partial charge in [0, 0.05) is 19.8 Å². The van der Waals surface area contributed by atoms with Gasteiger partial charge in [-0.15, -0.1) is 0 Å². The number of aromatic nitrogens is 2. The van der Waals surface area contributed by atoms with Crippen molar-refractivity contribution in [3.63, 3.8) is 0 Å². The van der Waals surface area contributed by atoms with Crippen molar-refractivity contribution in [1.82, 2.24) is 15.1 Å². The van der Waals surface area contributed by atoms with E-state index in [1.54, 1.807) is 6.20 Å². The highest BCUT2D eigenvalue weighted by Gasteiger charge is 2.18. The fourth-order valence-corrected chi connectivity index (χ4v) is 2.27. The minimum Gasteiger partial charge on any atom is -0.381 e. The SMILES string of the molecule is CCCOCCC(NCC)c1c(Cl)cnn1CC. The Morgan fingerprint density at radius 1 is 1.39 bits per heavy atom. The molecular formula is C13H24ClN3O. The molecule has 1 aromatic rings. The number of rotatable bonds is 9. The molecule has 0 aliphatic carbocycles. The molecule has 0 amide bonds. The van der Waals surface area contributed by atoms with Crippen LogP contribution in [-0.4, -0.2) is 29.5 Å². The van der Waals surface area contributed by atoms with Gasteiger partial charge in [0.25, 0.3) is 0 Å². The second kappa shape index (κ2) is 8.51. The summed E-state index contributed by atoms with van der Waals surface area (Å²) in [5.41, 5.74) is 1.07. The fourth-order valence-electron chi connectivity index (χ4n) is 2.00. The number of hydrogen-bond acceptors (Lipinski definition) is 3. The van der Waals surface area contributed by atoms with E-state index in [1.807, 2.05) is 4.68 Å². The van der Waals surface area contributed by atoms with Gasteiger partial charge in [0.15, 0.2) is 0 Å². The molecule has 0 fully saturated rings. The van der Waals surface area contributed by atoms with Gasteiger partial charge >= 0.3 is 0 Å². The molecule has 0 saturated heterocycles. The second-order valence-corrected chi connectivity index (χ2v) is 4.61. The van der Waals surface area contributed by atoms with Gasteiger partial charge in [-0.25, -0.2) is 0 Å². The number of nitrogens with zero attached hydrogens (tertiary/aromatic N) is 2. The zero-order valence-electron chi connectivity index (χ0n) is 11.6. The molecule has 104 valence electrons. The number of halogens is 1. The third-order valence-corrected chi connectivity index (χ3v) is 3.10. The smallest absolute Gasteiger partial charge is 0.0834 e. The van der Waals surface area contributed by atoms with Crippen molar-refractivity contribution in [3.8, 4) is 0 Å². The fraction of sp³-hybridized carbons (Fsp3) is 0.769. The van der Waals surface area contributed by atoms with Crippen molar-refractivity contribution >= 4 is 11.6 Å². The maximum Gasteiger partial charge on any atom is 0.0834 e. The van der Waals surface area contributed by atoms with Crippen molar-refractivity contribution in [2.24, 2.45) is 0 Å². The summed E-state index contributed by atoms with van der Waals surface area (Å²) in [6, 6.07) is 0.210. The van der Waals surface area contributed by atoms with Gasteiger partial charge in [0.05, 0.1) is 23.0 Å². The van der Waals surface area contributed by atoms with Gasteiger partial charge in [0.2, 0.25) is 0 Å². The first kappa shape index (κ1) is 15.5. The van der Waals surface area contributed by atoms with E-state index in [9.17, 15) is 0 Å². The summed E-state index contributed by atoms with van der Waals surface area (Å²) in [7, 11) is 0. The Kier molecular flexibility index (Phi) is 7.32. The molecule has 5 heteroatoms. The van der Waals surface area contributed by atoms with Gasteiger partial charge < -0.3 is 10.1 Å². The molecule has 1 N–H and O–H groups in total. The zero-order chi connectivity index (χ0) is 13.4. The largest absolute Gasteiger partial charge is 0.381 e. The summed E-state index contributed by atoms with van der Waals surface area (Å²) in [6.45, 7) is 9.59. The molecule has 1 unspecified atom stereocenters. The van der Waals surface area contributed by atoms with E-state index in [1.165, 1.54) is 0 Å². The van der Waals surface area contributed by atoms with Gasteiger partial charge in [0.1, 0.15) is 0 Å². The number of ether oxygens (including phenoxy) is 1. The van der Waals surface area contributed by atoms with Crippen LogP contribution < -0.4 is 5.32 Å². The minimum absolute atomic E-state index is 0.210. The molecule has 0 aliphatic rings. The average Bonchev–Trinajstić information content (AvgIpc) is 2.74. The highest BCUT2D eigenvalue weighted by molar-refractivity contribution is 6.31. The van der Waals surface area contributed by atoms with Crippen LogP contribution in [0.5, 0.6) is 0 Å². The van der Waals surface area contributed by atoms with E-state index in [2.05, 4.69) is 31.2 Å². The molecule has 0 spiro atoms. The first-order valence-electron chi connectivity index (χ1n) is 6.76. The average molecular weight is 274 g/mol. The van der Waals surface area contributed by atoms with Crippen molar-refractivity contribution in [1.29, 1.82) is 0 Å². The van der Waals surface area contributed by atoms with E-state index in [4.69, 9.17) is 16.3 Å². The molecular weight excluding hydrogens is 250 g/mol. The van der Waals surface area contributed by atoms with Crippen LogP contribution in [0.3, 0.4) is 0 Å². The lowest BCUT2D eigenvalue weighted by atomic mass is 10.1.